The maximum atomic E-state index is 12.4. The van der Waals surface area contributed by atoms with Crippen LogP contribution in [0.2, 0.25) is 0 Å². The fraction of sp³-hybridized carbons (Fsp3) is 0.571. The van der Waals surface area contributed by atoms with Gasteiger partial charge >= 0.3 is 12.0 Å². The minimum absolute atomic E-state index is 0.101. The summed E-state index contributed by atoms with van der Waals surface area (Å²) in [7, 11) is 1.75. The molecule has 0 radical (unpaired) electrons. The zero-order valence-electron chi connectivity index (χ0n) is 12.1. The number of thiophene rings is 1. The summed E-state index contributed by atoms with van der Waals surface area (Å²) in [6, 6.07) is 1.89. The van der Waals surface area contributed by atoms with Gasteiger partial charge in [0.05, 0.1) is 12.0 Å². The van der Waals surface area contributed by atoms with Crippen LogP contribution >= 0.6 is 27.3 Å². The van der Waals surface area contributed by atoms with Gasteiger partial charge in [-0.25, -0.2) is 4.79 Å². The number of carbonyl (C=O) groups is 2. The highest BCUT2D eigenvalue weighted by atomic mass is 79.9. The number of halogens is 1. The molecular formula is C14H19BrN2O3S. The van der Waals surface area contributed by atoms with Crippen molar-refractivity contribution in [1.29, 1.82) is 0 Å². The van der Waals surface area contributed by atoms with E-state index in [9.17, 15) is 14.7 Å². The number of likely N-dealkylation sites (tertiary alicyclic amines) is 1. The highest BCUT2D eigenvalue weighted by Gasteiger charge is 2.45. The van der Waals surface area contributed by atoms with E-state index in [1.165, 1.54) is 0 Å². The van der Waals surface area contributed by atoms with Gasteiger partial charge in [0.25, 0.3) is 0 Å². The van der Waals surface area contributed by atoms with Crippen LogP contribution in [0.25, 0.3) is 0 Å². The third-order valence-electron chi connectivity index (χ3n) is 4.10. The number of carbonyl (C=O) groups excluding carboxylic acids is 1. The summed E-state index contributed by atoms with van der Waals surface area (Å²) in [6.45, 7) is 3.22. The predicted molar refractivity (Wildman–Crippen MR) is 85.4 cm³/mol. The maximum absolute atomic E-state index is 12.4. The smallest absolute Gasteiger partial charge is 0.320 e. The topological polar surface area (TPSA) is 60.9 Å². The van der Waals surface area contributed by atoms with Crippen molar-refractivity contribution in [2.75, 3.05) is 20.1 Å². The van der Waals surface area contributed by atoms with Gasteiger partial charge in [-0.1, -0.05) is 6.92 Å². The molecule has 0 spiro atoms. The molecule has 1 aliphatic heterocycles. The van der Waals surface area contributed by atoms with Crippen molar-refractivity contribution < 1.29 is 14.7 Å². The number of urea groups is 1. The molecule has 5 nitrogen and oxygen atoms in total. The first-order valence-corrected chi connectivity index (χ1v) is 8.51. The van der Waals surface area contributed by atoms with Crippen LogP contribution < -0.4 is 0 Å². The Morgan fingerprint density at radius 3 is 2.76 bits per heavy atom. The molecule has 2 rings (SSSR count). The molecule has 0 bridgehead atoms. The Morgan fingerprint density at radius 2 is 2.29 bits per heavy atom. The van der Waals surface area contributed by atoms with Crippen LogP contribution in [0, 0.1) is 5.41 Å². The Balaban J connectivity index is 1.99. The lowest BCUT2D eigenvalue weighted by atomic mass is 9.84. The molecule has 1 fully saturated rings. The van der Waals surface area contributed by atoms with Crippen LogP contribution in [-0.4, -0.2) is 47.0 Å². The van der Waals surface area contributed by atoms with Gasteiger partial charge in [0.15, 0.2) is 0 Å². The minimum atomic E-state index is -0.801. The molecule has 1 unspecified atom stereocenters. The summed E-state index contributed by atoms with van der Waals surface area (Å²) in [6.07, 6.45) is 1.08. The normalized spacial score (nSPS) is 21.6. The molecule has 21 heavy (non-hydrogen) atoms. The van der Waals surface area contributed by atoms with Crippen molar-refractivity contribution in [3.05, 3.63) is 20.8 Å². The van der Waals surface area contributed by atoms with Crippen LogP contribution in [0.4, 0.5) is 4.79 Å². The molecule has 1 atom stereocenters. The zero-order chi connectivity index (χ0) is 15.6. The Labute approximate surface area is 136 Å². The molecule has 1 N–H and O–H groups in total. The molecule has 1 aromatic heterocycles. The number of carboxylic acid groups (broad SMARTS) is 1. The first-order chi connectivity index (χ1) is 9.88. The molecule has 1 aromatic rings. The zero-order valence-corrected chi connectivity index (χ0v) is 14.5. The lowest BCUT2D eigenvalue weighted by Gasteiger charge is -2.26. The van der Waals surface area contributed by atoms with Crippen molar-refractivity contribution in [1.82, 2.24) is 9.80 Å². The van der Waals surface area contributed by atoms with E-state index in [0.717, 1.165) is 9.35 Å². The first-order valence-electron chi connectivity index (χ1n) is 6.84. The summed E-state index contributed by atoms with van der Waals surface area (Å²) >= 11 is 4.99. The molecule has 0 aliphatic carbocycles. The van der Waals surface area contributed by atoms with Gasteiger partial charge in [0.1, 0.15) is 0 Å². The number of amides is 2. The van der Waals surface area contributed by atoms with E-state index in [4.69, 9.17) is 0 Å². The average Bonchev–Trinajstić information content (AvgIpc) is 3.05. The van der Waals surface area contributed by atoms with Gasteiger partial charge in [-0.05, 0) is 34.8 Å². The Morgan fingerprint density at radius 1 is 1.57 bits per heavy atom. The second-order valence-corrected chi connectivity index (χ2v) is 7.39. The predicted octanol–water partition coefficient (Wildman–Crippen LogP) is 3.25. The number of hydrogen-bond donors (Lipinski definition) is 1. The third-order valence-corrected chi connectivity index (χ3v) is 5.78. The molecular weight excluding hydrogens is 356 g/mol. The molecule has 2 amide bonds. The van der Waals surface area contributed by atoms with Gasteiger partial charge < -0.3 is 14.9 Å². The lowest BCUT2D eigenvalue weighted by Crippen LogP contribution is -2.42. The Bertz CT molecular complexity index is 548. The number of aliphatic carboxylic acids is 1. The number of nitrogens with zero attached hydrogens (tertiary/aromatic N) is 2. The summed E-state index contributed by atoms with van der Waals surface area (Å²) in [5, 5.41) is 11.4. The Kier molecular flexibility index (Phi) is 4.93. The highest BCUT2D eigenvalue weighted by Crippen LogP contribution is 2.34. The molecule has 116 valence electrons. The van der Waals surface area contributed by atoms with Gasteiger partial charge in [-0.3, -0.25) is 4.79 Å². The summed E-state index contributed by atoms with van der Waals surface area (Å²) in [5.41, 5.74) is -0.775. The molecule has 1 aliphatic rings. The van der Waals surface area contributed by atoms with Gasteiger partial charge in [-0.15, -0.1) is 11.3 Å². The van der Waals surface area contributed by atoms with Crippen molar-refractivity contribution in [3.8, 4) is 0 Å². The molecule has 1 saturated heterocycles. The van der Waals surface area contributed by atoms with E-state index in [1.807, 2.05) is 18.4 Å². The van der Waals surface area contributed by atoms with E-state index >= 15 is 0 Å². The summed E-state index contributed by atoms with van der Waals surface area (Å²) in [4.78, 5) is 28.3. The minimum Gasteiger partial charge on any atom is -0.481 e. The van der Waals surface area contributed by atoms with Gasteiger partial charge in [-0.2, -0.15) is 0 Å². The van der Waals surface area contributed by atoms with Crippen LogP contribution in [-0.2, 0) is 11.3 Å². The van der Waals surface area contributed by atoms with Gasteiger partial charge in [0, 0.05) is 34.9 Å². The highest BCUT2D eigenvalue weighted by molar-refractivity contribution is 9.10. The van der Waals surface area contributed by atoms with E-state index < -0.39 is 11.4 Å². The van der Waals surface area contributed by atoms with E-state index in [2.05, 4.69) is 15.9 Å². The largest absolute Gasteiger partial charge is 0.481 e. The molecule has 0 aromatic carbocycles. The average molecular weight is 375 g/mol. The first kappa shape index (κ1) is 16.3. The van der Waals surface area contributed by atoms with Crippen LogP contribution in [0.5, 0.6) is 0 Å². The SMILES string of the molecule is CCC1(C(=O)O)CCN(C(=O)N(C)Cc2cc(Br)cs2)C1. The summed E-state index contributed by atoms with van der Waals surface area (Å²) in [5.74, 6) is -0.801. The monoisotopic (exact) mass is 374 g/mol. The fourth-order valence-electron chi connectivity index (χ4n) is 2.63. The quantitative estimate of drug-likeness (QED) is 0.879. The second-order valence-electron chi connectivity index (χ2n) is 5.48. The van der Waals surface area contributed by atoms with Crippen molar-refractivity contribution in [2.24, 2.45) is 5.41 Å². The van der Waals surface area contributed by atoms with Crippen molar-refractivity contribution in [3.63, 3.8) is 0 Å². The number of hydrogen-bond acceptors (Lipinski definition) is 3. The lowest BCUT2D eigenvalue weighted by molar-refractivity contribution is -0.148. The van der Waals surface area contributed by atoms with Crippen LogP contribution in [0.3, 0.4) is 0 Å². The maximum Gasteiger partial charge on any atom is 0.320 e. The van der Waals surface area contributed by atoms with Gasteiger partial charge in [0.2, 0.25) is 0 Å². The third kappa shape index (κ3) is 3.40. The van der Waals surface area contributed by atoms with E-state index in [1.54, 1.807) is 28.2 Å². The van der Waals surface area contributed by atoms with E-state index in [0.29, 0.717) is 32.5 Å². The Hall–Kier alpha value is -1.08. The number of carboxylic acids is 1. The van der Waals surface area contributed by atoms with Crippen molar-refractivity contribution >= 4 is 39.3 Å². The van der Waals surface area contributed by atoms with Crippen molar-refractivity contribution in [2.45, 2.75) is 26.3 Å². The molecule has 0 saturated carbocycles. The fourth-order valence-corrected chi connectivity index (χ4v) is 4.13. The van der Waals surface area contributed by atoms with Crippen LogP contribution in [0.15, 0.2) is 15.9 Å². The van der Waals surface area contributed by atoms with E-state index in [-0.39, 0.29) is 6.03 Å². The van der Waals surface area contributed by atoms with Crippen LogP contribution in [0.1, 0.15) is 24.6 Å². The number of rotatable bonds is 4. The molecule has 7 heteroatoms. The standard InChI is InChI=1S/C14H19BrN2O3S/c1-3-14(12(18)19)4-5-17(9-14)13(20)16(2)7-11-6-10(15)8-21-11/h6,8H,3-5,7,9H2,1-2H3,(H,18,19). The summed E-state index contributed by atoms with van der Waals surface area (Å²) < 4.78 is 1.01. The second kappa shape index (κ2) is 6.36. The molecule has 2 heterocycles.